The van der Waals surface area contributed by atoms with Gasteiger partial charge in [0.25, 0.3) is 0 Å². The van der Waals surface area contributed by atoms with Crippen molar-refractivity contribution in [2.45, 2.75) is 81.1 Å². The van der Waals surface area contributed by atoms with Crippen molar-refractivity contribution in [3.63, 3.8) is 0 Å². The molecule has 0 amide bonds. The first-order valence-electron chi connectivity index (χ1n) is 12.3. The van der Waals surface area contributed by atoms with Crippen LogP contribution in [0.2, 0.25) is 0 Å². The van der Waals surface area contributed by atoms with Crippen molar-refractivity contribution in [1.82, 2.24) is 0 Å². The van der Waals surface area contributed by atoms with Gasteiger partial charge in [-0.25, -0.2) is 0 Å². The molecule has 0 aliphatic heterocycles. The van der Waals surface area contributed by atoms with E-state index in [9.17, 15) is 0 Å². The van der Waals surface area contributed by atoms with Gasteiger partial charge in [-0.2, -0.15) is 0 Å². The number of hydrogen-bond acceptors (Lipinski definition) is 3. The van der Waals surface area contributed by atoms with Crippen LogP contribution >= 0.6 is 0 Å². The second-order valence-electron chi connectivity index (χ2n) is 11.0. The Labute approximate surface area is 220 Å². The number of ether oxygens (including phenoxy) is 1. The molecule has 0 saturated carbocycles. The lowest BCUT2D eigenvalue weighted by atomic mass is 9.87. The van der Waals surface area contributed by atoms with Crippen LogP contribution in [0.25, 0.3) is 0 Å². The van der Waals surface area contributed by atoms with E-state index in [1.54, 1.807) is 0 Å². The third kappa shape index (κ3) is 18.2. The first kappa shape index (κ1) is 35.0. The zero-order valence-electron chi connectivity index (χ0n) is 24.3. The average Bonchev–Trinajstić information content (AvgIpc) is 2.83. The fraction of sp³-hybridized carbons (Fsp3) is 0.394. The van der Waals surface area contributed by atoms with E-state index in [4.69, 9.17) is 14.3 Å². The minimum atomic E-state index is 0.183. The molecule has 36 heavy (non-hydrogen) atoms. The van der Waals surface area contributed by atoms with Gasteiger partial charge in [0.1, 0.15) is 25.1 Å². The molecule has 0 N–H and O–H groups in total. The van der Waals surface area contributed by atoms with Crippen LogP contribution in [0.1, 0.15) is 77.6 Å². The van der Waals surface area contributed by atoms with Gasteiger partial charge < -0.3 is 14.3 Å². The van der Waals surface area contributed by atoms with E-state index in [-0.39, 0.29) is 5.41 Å². The summed E-state index contributed by atoms with van der Waals surface area (Å²) in [6, 6.07) is 25.1. The van der Waals surface area contributed by atoms with E-state index in [0.29, 0.717) is 5.41 Å². The first-order valence-corrected chi connectivity index (χ1v) is 12.3. The zero-order chi connectivity index (χ0) is 28.4. The summed E-state index contributed by atoms with van der Waals surface area (Å²) in [7, 11) is 0. The minimum absolute atomic E-state index is 0.183. The van der Waals surface area contributed by atoms with Crippen LogP contribution in [0.15, 0.2) is 72.8 Å². The Hall–Kier alpha value is -3.20. The summed E-state index contributed by atoms with van der Waals surface area (Å²) in [5.41, 5.74) is 6.00. The number of hydrogen-bond donors (Lipinski definition) is 0. The smallest absolute Gasteiger partial charge is 0.127 e. The van der Waals surface area contributed by atoms with Crippen LogP contribution in [0, 0.1) is 19.3 Å². The molecule has 0 aliphatic carbocycles. The number of aryl methyl sites for hydroxylation is 3. The molecular weight excluding hydrogens is 444 g/mol. The van der Waals surface area contributed by atoms with Crippen LogP contribution in [0.4, 0.5) is 0 Å². The molecule has 0 heterocycles. The van der Waals surface area contributed by atoms with Gasteiger partial charge in [-0.15, -0.1) is 0 Å². The summed E-state index contributed by atoms with van der Waals surface area (Å²) in [5.74, 6) is 1.76. The van der Waals surface area contributed by atoms with E-state index < -0.39 is 0 Å². The molecule has 0 saturated heterocycles. The van der Waals surface area contributed by atoms with Gasteiger partial charge in [0.15, 0.2) is 0 Å². The monoisotopic (exact) mass is 492 g/mol. The van der Waals surface area contributed by atoms with Crippen molar-refractivity contribution in [1.29, 1.82) is 0 Å². The van der Waals surface area contributed by atoms with Crippen molar-refractivity contribution in [2.75, 3.05) is 0 Å². The summed E-state index contributed by atoms with van der Waals surface area (Å²) in [6.07, 6.45) is 1.14. The summed E-state index contributed by atoms with van der Waals surface area (Å²) in [6.45, 7) is 25.7. The van der Waals surface area contributed by atoms with Gasteiger partial charge in [0.05, 0.1) is 0 Å². The quantitative estimate of drug-likeness (QED) is 0.366. The van der Waals surface area contributed by atoms with Gasteiger partial charge in [-0.3, -0.25) is 0 Å². The summed E-state index contributed by atoms with van der Waals surface area (Å²) in [5, 5.41) is 0. The lowest BCUT2D eigenvalue weighted by Gasteiger charge is -2.19. The van der Waals surface area contributed by atoms with Gasteiger partial charge in [0.2, 0.25) is 0 Å². The van der Waals surface area contributed by atoms with E-state index in [1.807, 2.05) is 37.8 Å². The Morgan fingerprint density at radius 1 is 0.583 bits per heavy atom. The Morgan fingerprint density at radius 3 is 1.19 bits per heavy atom. The molecule has 0 atom stereocenters. The lowest BCUT2D eigenvalue weighted by molar-refractivity contribution is -0.0987. The molecule has 0 bridgehead atoms. The standard InChI is InChI=1S/C17H20O.C9H12.C5H12.2CH2O/c1-13-5-9-15(10-6-13)18-16-11-7-14(8-12-16)17(2,3)4;1-3-9-6-4-8(2)5-7-9;1-5(2,3)4;2*1-2/h5-12H,1-4H3;4-7H,3H2,1-2H3;1-4H3;2*1H2. The highest BCUT2D eigenvalue weighted by Crippen LogP contribution is 2.27. The third-order valence-electron chi connectivity index (χ3n) is 4.51. The molecule has 0 unspecified atom stereocenters. The van der Waals surface area contributed by atoms with Crippen LogP contribution in [-0.2, 0) is 21.4 Å². The van der Waals surface area contributed by atoms with Crippen molar-refractivity contribution >= 4 is 13.6 Å². The fourth-order valence-electron chi connectivity index (χ4n) is 2.59. The molecular formula is C33H48O3. The molecule has 0 aromatic heterocycles. The lowest BCUT2D eigenvalue weighted by Crippen LogP contribution is -2.10. The maximum absolute atomic E-state index is 8.00. The van der Waals surface area contributed by atoms with Crippen LogP contribution in [0.3, 0.4) is 0 Å². The second-order valence-corrected chi connectivity index (χ2v) is 11.0. The second kappa shape index (κ2) is 18.1. The predicted octanol–water partition coefficient (Wildman–Crippen LogP) is 9.32. The third-order valence-corrected chi connectivity index (χ3v) is 4.51. The normalized spacial score (nSPS) is 9.94. The van der Waals surface area contributed by atoms with Crippen molar-refractivity contribution < 1.29 is 14.3 Å². The molecule has 0 spiro atoms. The number of rotatable bonds is 3. The molecule has 3 heteroatoms. The number of carbonyl (C=O) groups excluding carboxylic acids is 2. The summed E-state index contributed by atoms with van der Waals surface area (Å²) >= 11 is 0. The van der Waals surface area contributed by atoms with E-state index in [0.717, 1.165) is 17.9 Å². The van der Waals surface area contributed by atoms with E-state index >= 15 is 0 Å². The highest BCUT2D eigenvalue weighted by Gasteiger charge is 2.13. The molecule has 0 radical (unpaired) electrons. The zero-order valence-corrected chi connectivity index (χ0v) is 24.3. The Kier molecular flexibility index (Phi) is 17.6. The minimum Gasteiger partial charge on any atom is -0.457 e. The SMILES string of the molecule is C=O.C=O.CC(C)(C)C.CCc1ccc(C)cc1.Cc1ccc(Oc2ccc(C(C)(C)C)cc2)cc1. The molecule has 198 valence electrons. The molecule has 3 rings (SSSR count). The fourth-order valence-corrected chi connectivity index (χ4v) is 2.59. The molecule has 3 nitrogen and oxygen atoms in total. The molecule has 3 aromatic rings. The highest BCUT2D eigenvalue weighted by atomic mass is 16.5. The Bertz CT molecular complexity index is 919. The van der Waals surface area contributed by atoms with E-state index in [1.165, 1.54) is 22.3 Å². The van der Waals surface area contributed by atoms with Gasteiger partial charge in [-0.05, 0) is 66.5 Å². The van der Waals surface area contributed by atoms with Gasteiger partial charge in [-0.1, -0.05) is 115 Å². The number of benzene rings is 3. The first-order chi connectivity index (χ1) is 16.8. The molecule has 0 aliphatic rings. The Morgan fingerprint density at radius 2 is 0.889 bits per heavy atom. The van der Waals surface area contributed by atoms with Crippen molar-refractivity contribution in [2.24, 2.45) is 5.41 Å². The summed E-state index contributed by atoms with van der Waals surface area (Å²) in [4.78, 5) is 16.0. The van der Waals surface area contributed by atoms with Crippen LogP contribution in [-0.4, -0.2) is 13.6 Å². The molecule has 0 fully saturated rings. The van der Waals surface area contributed by atoms with Crippen LogP contribution in [0.5, 0.6) is 11.5 Å². The summed E-state index contributed by atoms with van der Waals surface area (Å²) < 4.78 is 5.80. The Balaban J connectivity index is 0. The van der Waals surface area contributed by atoms with Gasteiger partial charge >= 0.3 is 0 Å². The maximum Gasteiger partial charge on any atom is 0.127 e. The maximum atomic E-state index is 8.00. The van der Waals surface area contributed by atoms with Crippen LogP contribution < -0.4 is 4.74 Å². The predicted molar refractivity (Wildman–Crippen MR) is 156 cm³/mol. The number of carbonyl (C=O) groups is 2. The van der Waals surface area contributed by atoms with Crippen molar-refractivity contribution in [3.8, 4) is 11.5 Å². The highest BCUT2D eigenvalue weighted by molar-refractivity contribution is 5.36. The van der Waals surface area contributed by atoms with Gasteiger partial charge in [0, 0.05) is 0 Å². The average molecular weight is 493 g/mol. The largest absolute Gasteiger partial charge is 0.457 e. The van der Waals surface area contributed by atoms with Crippen molar-refractivity contribution in [3.05, 3.63) is 95.1 Å². The topological polar surface area (TPSA) is 43.4 Å². The van der Waals surface area contributed by atoms with E-state index in [2.05, 4.69) is 118 Å². The molecule has 3 aromatic carbocycles.